The summed E-state index contributed by atoms with van der Waals surface area (Å²) in [5, 5.41) is 15.0. The van der Waals surface area contributed by atoms with E-state index in [0.717, 1.165) is 0 Å². The normalized spacial score (nSPS) is 9.93. The van der Waals surface area contributed by atoms with Gasteiger partial charge in [0.2, 0.25) is 5.91 Å². The number of nitrogens with zero attached hydrogens (tertiary/aromatic N) is 2. The first kappa shape index (κ1) is 10.2. The summed E-state index contributed by atoms with van der Waals surface area (Å²) in [5.74, 6) is -0.947. The molecule has 1 aromatic rings. The van der Waals surface area contributed by atoms with Gasteiger partial charge in [0, 0.05) is 19.5 Å². The molecule has 0 atom stereocenters. The highest BCUT2D eigenvalue weighted by molar-refractivity contribution is 5.93. The van der Waals surface area contributed by atoms with Crippen LogP contribution in [0.25, 0.3) is 0 Å². The molecule has 0 aliphatic carbocycles. The van der Waals surface area contributed by atoms with Crippen LogP contribution in [0.1, 0.15) is 23.0 Å². The van der Waals surface area contributed by atoms with E-state index in [1.807, 2.05) is 0 Å². The second kappa shape index (κ2) is 3.49. The molecular formula is C8H11N3O3. The van der Waals surface area contributed by atoms with Crippen LogP contribution in [0.5, 0.6) is 0 Å². The van der Waals surface area contributed by atoms with Gasteiger partial charge in [-0.3, -0.25) is 9.48 Å². The zero-order valence-electron chi connectivity index (χ0n) is 8.16. The Morgan fingerprint density at radius 1 is 1.50 bits per heavy atom. The van der Waals surface area contributed by atoms with E-state index in [2.05, 4.69) is 10.4 Å². The zero-order chi connectivity index (χ0) is 10.9. The molecule has 0 saturated carbocycles. The van der Waals surface area contributed by atoms with Gasteiger partial charge in [-0.2, -0.15) is 5.10 Å². The average molecular weight is 197 g/mol. The number of hydrogen-bond acceptors (Lipinski definition) is 3. The molecular weight excluding hydrogens is 186 g/mol. The third kappa shape index (κ3) is 1.73. The van der Waals surface area contributed by atoms with Gasteiger partial charge in [0.25, 0.3) is 0 Å². The molecule has 14 heavy (non-hydrogen) atoms. The highest BCUT2D eigenvalue weighted by atomic mass is 16.4. The Kier molecular flexibility index (Phi) is 2.55. The maximum Gasteiger partial charge on any atom is 0.356 e. The largest absolute Gasteiger partial charge is 0.476 e. The third-order valence-corrected chi connectivity index (χ3v) is 1.78. The summed E-state index contributed by atoms with van der Waals surface area (Å²) in [6.45, 7) is 2.95. The highest BCUT2D eigenvalue weighted by Crippen LogP contribution is 2.17. The fraction of sp³-hybridized carbons (Fsp3) is 0.375. The number of rotatable bonds is 2. The predicted octanol–water partition coefficient (Wildman–Crippen LogP) is 0.385. The van der Waals surface area contributed by atoms with E-state index >= 15 is 0 Å². The minimum Gasteiger partial charge on any atom is -0.476 e. The first-order chi connectivity index (χ1) is 6.43. The van der Waals surface area contributed by atoms with Crippen molar-refractivity contribution in [2.24, 2.45) is 7.05 Å². The smallest absolute Gasteiger partial charge is 0.356 e. The Bertz CT molecular complexity index is 395. The quantitative estimate of drug-likeness (QED) is 0.718. The maximum atomic E-state index is 10.8. The topological polar surface area (TPSA) is 84.2 Å². The van der Waals surface area contributed by atoms with Crippen molar-refractivity contribution in [3.63, 3.8) is 0 Å². The zero-order valence-corrected chi connectivity index (χ0v) is 8.16. The van der Waals surface area contributed by atoms with Crippen molar-refractivity contribution in [3.8, 4) is 0 Å². The van der Waals surface area contributed by atoms with Crippen molar-refractivity contribution in [1.29, 1.82) is 0 Å². The number of nitrogens with one attached hydrogen (secondary N) is 1. The van der Waals surface area contributed by atoms with E-state index in [-0.39, 0.29) is 11.6 Å². The van der Waals surface area contributed by atoms with Gasteiger partial charge in [0.1, 0.15) is 5.82 Å². The number of carbonyl (C=O) groups is 2. The third-order valence-electron chi connectivity index (χ3n) is 1.78. The van der Waals surface area contributed by atoms with Crippen molar-refractivity contribution >= 4 is 17.7 Å². The Labute approximate surface area is 80.5 Å². The van der Waals surface area contributed by atoms with Crippen LogP contribution in [0.4, 0.5) is 5.82 Å². The molecule has 0 bridgehead atoms. The number of aryl methyl sites for hydroxylation is 1. The van der Waals surface area contributed by atoms with Gasteiger partial charge >= 0.3 is 5.97 Å². The van der Waals surface area contributed by atoms with Crippen LogP contribution in [-0.4, -0.2) is 26.8 Å². The lowest BCUT2D eigenvalue weighted by atomic mass is 10.2. The molecule has 1 heterocycles. The van der Waals surface area contributed by atoms with Gasteiger partial charge < -0.3 is 10.4 Å². The summed E-state index contributed by atoms with van der Waals surface area (Å²) in [5.41, 5.74) is 0.409. The Morgan fingerprint density at radius 3 is 2.43 bits per heavy atom. The molecule has 2 N–H and O–H groups in total. The number of carbonyl (C=O) groups excluding carboxylic acids is 1. The average Bonchev–Trinajstić information content (AvgIpc) is 2.31. The van der Waals surface area contributed by atoms with E-state index in [9.17, 15) is 9.59 Å². The Balaban J connectivity index is 3.17. The summed E-state index contributed by atoms with van der Waals surface area (Å²) in [6.07, 6.45) is 0. The van der Waals surface area contributed by atoms with Crippen molar-refractivity contribution in [2.75, 3.05) is 5.32 Å². The van der Waals surface area contributed by atoms with Gasteiger partial charge in [-0.25, -0.2) is 4.79 Å². The number of hydrogen-bond donors (Lipinski definition) is 2. The summed E-state index contributed by atoms with van der Waals surface area (Å²) >= 11 is 0. The van der Waals surface area contributed by atoms with Gasteiger partial charge in [0.15, 0.2) is 5.69 Å². The number of carboxylic acid groups (broad SMARTS) is 1. The van der Waals surface area contributed by atoms with Gasteiger partial charge in [-0.1, -0.05) is 0 Å². The van der Waals surface area contributed by atoms with Crippen molar-refractivity contribution in [1.82, 2.24) is 9.78 Å². The van der Waals surface area contributed by atoms with Crippen LogP contribution in [-0.2, 0) is 11.8 Å². The molecule has 1 amide bonds. The highest BCUT2D eigenvalue weighted by Gasteiger charge is 2.17. The lowest BCUT2D eigenvalue weighted by molar-refractivity contribution is -0.114. The second-order valence-electron chi connectivity index (χ2n) is 2.93. The molecule has 0 aliphatic heterocycles. The fourth-order valence-corrected chi connectivity index (χ4v) is 1.17. The SMILES string of the molecule is CC(=O)Nc1c(C)c(C(=O)O)nn1C. The van der Waals surface area contributed by atoms with Crippen LogP contribution in [0.3, 0.4) is 0 Å². The van der Waals surface area contributed by atoms with E-state index in [1.165, 1.54) is 11.6 Å². The van der Waals surface area contributed by atoms with Crippen LogP contribution < -0.4 is 5.32 Å². The van der Waals surface area contributed by atoms with Gasteiger partial charge in [-0.05, 0) is 6.92 Å². The van der Waals surface area contributed by atoms with Crippen LogP contribution >= 0.6 is 0 Å². The molecule has 0 aliphatic rings. The number of amides is 1. The standard InChI is InChI=1S/C8H11N3O3/c1-4-6(8(13)14)10-11(3)7(4)9-5(2)12/h1-3H3,(H,9,12)(H,13,14). The lowest BCUT2D eigenvalue weighted by Crippen LogP contribution is -2.10. The molecule has 1 rings (SSSR count). The molecule has 0 saturated heterocycles. The molecule has 0 aromatic carbocycles. The van der Waals surface area contributed by atoms with Crippen molar-refractivity contribution in [3.05, 3.63) is 11.3 Å². The first-order valence-electron chi connectivity index (χ1n) is 3.98. The first-order valence-corrected chi connectivity index (χ1v) is 3.98. The fourth-order valence-electron chi connectivity index (χ4n) is 1.17. The number of carboxylic acids is 1. The maximum absolute atomic E-state index is 10.8. The summed E-state index contributed by atoms with van der Waals surface area (Å²) in [6, 6.07) is 0. The molecule has 0 spiro atoms. The van der Waals surface area contributed by atoms with Crippen molar-refractivity contribution in [2.45, 2.75) is 13.8 Å². The Morgan fingerprint density at radius 2 is 2.07 bits per heavy atom. The Hall–Kier alpha value is -1.85. The summed E-state index contributed by atoms with van der Waals surface area (Å²) in [7, 11) is 1.57. The van der Waals surface area contributed by atoms with Crippen LogP contribution in [0.15, 0.2) is 0 Å². The monoisotopic (exact) mass is 197 g/mol. The molecule has 0 fully saturated rings. The van der Waals surface area contributed by atoms with E-state index in [4.69, 9.17) is 5.11 Å². The predicted molar refractivity (Wildman–Crippen MR) is 49.2 cm³/mol. The second-order valence-corrected chi connectivity index (χ2v) is 2.93. The molecule has 6 nitrogen and oxygen atoms in total. The number of anilines is 1. The van der Waals surface area contributed by atoms with E-state index in [0.29, 0.717) is 11.4 Å². The van der Waals surface area contributed by atoms with Crippen LogP contribution in [0, 0.1) is 6.92 Å². The van der Waals surface area contributed by atoms with Gasteiger partial charge in [0.05, 0.1) is 0 Å². The van der Waals surface area contributed by atoms with E-state index < -0.39 is 5.97 Å². The van der Waals surface area contributed by atoms with Crippen LogP contribution in [0.2, 0.25) is 0 Å². The number of aromatic nitrogens is 2. The molecule has 6 heteroatoms. The minimum atomic E-state index is -1.10. The summed E-state index contributed by atoms with van der Waals surface area (Å²) in [4.78, 5) is 21.5. The molecule has 0 radical (unpaired) electrons. The number of aromatic carboxylic acids is 1. The molecule has 76 valence electrons. The summed E-state index contributed by atoms with van der Waals surface area (Å²) < 4.78 is 1.33. The molecule has 0 unspecified atom stereocenters. The minimum absolute atomic E-state index is 0.0451. The lowest BCUT2D eigenvalue weighted by Gasteiger charge is -2.02. The van der Waals surface area contributed by atoms with Crippen molar-refractivity contribution < 1.29 is 14.7 Å². The van der Waals surface area contributed by atoms with Gasteiger partial charge in [-0.15, -0.1) is 0 Å². The molecule has 1 aromatic heterocycles. The van der Waals surface area contributed by atoms with E-state index in [1.54, 1.807) is 14.0 Å².